The number of aromatic nitrogens is 2. The zero-order chi connectivity index (χ0) is 28.2. The number of rotatable bonds is 10. The van der Waals surface area contributed by atoms with Crippen LogP contribution in [0.4, 0.5) is 14.6 Å². The normalized spacial score (nSPS) is 25.5. The van der Waals surface area contributed by atoms with Gasteiger partial charge in [-0.1, -0.05) is 24.6 Å². The van der Waals surface area contributed by atoms with E-state index in [0.717, 1.165) is 44.4 Å². The Labute approximate surface area is 223 Å². The van der Waals surface area contributed by atoms with Gasteiger partial charge in [-0.15, -0.1) is 0 Å². The van der Waals surface area contributed by atoms with Gasteiger partial charge in [-0.25, -0.2) is 9.36 Å². The van der Waals surface area contributed by atoms with E-state index in [1.165, 1.54) is 19.1 Å². The maximum Gasteiger partial charge on any atom is 0.459 e. The van der Waals surface area contributed by atoms with E-state index in [1.807, 2.05) is 0 Å². The first-order chi connectivity index (χ1) is 18.5. The lowest BCUT2D eigenvalue weighted by molar-refractivity contribution is -0.152. The van der Waals surface area contributed by atoms with Crippen LogP contribution >= 0.6 is 7.75 Å². The first kappa shape index (κ1) is 29.1. The molecule has 1 saturated heterocycles. The van der Waals surface area contributed by atoms with Crippen LogP contribution in [0.3, 0.4) is 0 Å². The number of aliphatic hydroxyl groups excluding tert-OH is 1. The van der Waals surface area contributed by atoms with Crippen LogP contribution in [0.5, 0.6) is 5.75 Å². The van der Waals surface area contributed by atoms with Crippen molar-refractivity contribution in [3.8, 4) is 5.75 Å². The lowest BCUT2D eigenvalue weighted by atomic mass is 9.98. The zero-order valence-corrected chi connectivity index (χ0v) is 22.0. The molecule has 5 atom stereocenters. The molecule has 1 aliphatic carbocycles. The number of benzene rings is 1. The molecule has 4 rings (SSSR count). The summed E-state index contributed by atoms with van der Waals surface area (Å²) in [5, 5.41) is 12.8. The number of nitrogens with zero attached hydrogens (tertiary/aromatic N) is 2. The van der Waals surface area contributed by atoms with Gasteiger partial charge in [0.1, 0.15) is 29.8 Å². The molecule has 2 heterocycles. The first-order valence-electron chi connectivity index (χ1n) is 12.5. The Kier molecular flexibility index (Phi) is 9.02. The standard InChI is InChI=1S/C24H31F2N4O8P/c1-15(21(32)36-16-8-4-2-5-9-16)29-39(34,38-17-10-6-3-7-11-17)35-14-18-20(31)24(25,26)22(37-18)30-13-12-19(27)28-23(30)33/h3,6-7,10-13,15-16,18,20,22,31H,2,4-5,8-9,14H2,1H3,(H,29,34)(H2,27,28,33)/t15-,18+,20+,22+,39?/m0/s1. The summed E-state index contributed by atoms with van der Waals surface area (Å²) in [4.78, 5) is 28.2. The van der Waals surface area contributed by atoms with E-state index in [4.69, 9.17) is 24.3 Å². The van der Waals surface area contributed by atoms with Gasteiger partial charge in [-0.3, -0.25) is 13.9 Å². The Balaban J connectivity index is 1.48. The molecule has 0 amide bonds. The Morgan fingerprint density at radius 1 is 1.28 bits per heavy atom. The molecule has 1 aliphatic heterocycles. The van der Waals surface area contributed by atoms with E-state index >= 15 is 0 Å². The Morgan fingerprint density at radius 2 is 1.97 bits per heavy atom. The number of halogens is 2. The van der Waals surface area contributed by atoms with Crippen LogP contribution in [-0.2, 0) is 23.4 Å². The molecule has 4 N–H and O–H groups in total. The van der Waals surface area contributed by atoms with E-state index in [9.17, 15) is 28.0 Å². The second-order valence-electron chi connectivity index (χ2n) is 9.43. The minimum absolute atomic E-state index is 0.108. The number of alkyl halides is 2. The summed E-state index contributed by atoms with van der Waals surface area (Å²) < 4.78 is 65.7. The number of aliphatic hydroxyl groups is 1. The molecule has 1 unspecified atom stereocenters. The molecule has 1 aromatic carbocycles. The van der Waals surface area contributed by atoms with Gasteiger partial charge >= 0.3 is 25.3 Å². The summed E-state index contributed by atoms with van der Waals surface area (Å²) in [6, 6.07) is 7.83. The van der Waals surface area contributed by atoms with Gasteiger partial charge in [0.25, 0.3) is 0 Å². The molecular formula is C24H31F2N4O8P. The summed E-state index contributed by atoms with van der Waals surface area (Å²) in [5.74, 6) is -4.69. The highest BCUT2D eigenvalue weighted by Gasteiger charge is 2.60. The molecule has 0 radical (unpaired) electrons. The molecule has 1 saturated carbocycles. The molecule has 0 bridgehead atoms. The van der Waals surface area contributed by atoms with Crippen molar-refractivity contribution in [2.45, 2.75) is 75.5 Å². The van der Waals surface area contributed by atoms with Crippen LogP contribution in [0.2, 0.25) is 0 Å². The molecule has 12 nitrogen and oxygen atoms in total. The molecule has 2 aromatic rings. The van der Waals surface area contributed by atoms with E-state index in [1.54, 1.807) is 18.2 Å². The molecule has 2 fully saturated rings. The van der Waals surface area contributed by atoms with Crippen molar-refractivity contribution in [1.29, 1.82) is 0 Å². The fraction of sp³-hybridized carbons (Fsp3) is 0.542. The number of ether oxygens (including phenoxy) is 2. The van der Waals surface area contributed by atoms with Crippen LogP contribution < -0.4 is 21.0 Å². The van der Waals surface area contributed by atoms with Crippen LogP contribution in [0, 0.1) is 0 Å². The second kappa shape index (κ2) is 12.1. The third kappa shape index (κ3) is 7.00. The van der Waals surface area contributed by atoms with Crippen molar-refractivity contribution in [3.63, 3.8) is 0 Å². The predicted molar refractivity (Wildman–Crippen MR) is 134 cm³/mol. The highest BCUT2D eigenvalue weighted by atomic mass is 31.2. The topological polar surface area (TPSA) is 164 Å². The minimum Gasteiger partial charge on any atom is -0.461 e. The van der Waals surface area contributed by atoms with Crippen LogP contribution in [0.25, 0.3) is 0 Å². The van der Waals surface area contributed by atoms with Gasteiger partial charge in [-0.05, 0) is 50.8 Å². The van der Waals surface area contributed by atoms with E-state index in [-0.39, 0.29) is 17.7 Å². The smallest absolute Gasteiger partial charge is 0.459 e. The average Bonchev–Trinajstić information content (AvgIpc) is 3.12. The number of nitrogens with two attached hydrogens (primary N) is 1. The van der Waals surface area contributed by atoms with Crippen molar-refractivity contribution < 1.29 is 41.8 Å². The number of carbonyl (C=O) groups excluding carboxylic acids is 1. The monoisotopic (exact) mass is 572 g/mol. The summed E-state index contributed by atoms with van der Waals surface area (Å²) in [6.07, 6.45) is -1.29. The predicted octanol–water partition coefficient (Wildman–Crippen LogP) is 2.78. The summed E-state index contributed by atoms with van der Waals surface area (Å²) in [6.45, 7) is 0.563. The van der Waals surface area contributed by atoms with Crippen molar-refractivity contribution >= 4 is 19.5 Å². The fourth-order valence-electron chi connectivity index (χ4n) is 4.33. The number of hydrogen-bond donors (Lipinski definition) is 3. The van der Waals surface area contributed by atoms with Crippen molar-refractivity contribution in [1.82, 2.24) is 14.6 Å². The summed E-state index contributed by atoms with van der Waals surface area (Å²) in [7, 11) is -4.42. The van der Waals surface area contributed by atoms with E-state index < -0.39 is 56.4 Å². The Hall–Kier alpha value is -2.90. The highest BCUT2D eigenvalue weighted by molar-refractivity contribution is 7.52. The Morgan fingerprint density at radius 3 is 2.64 bits per heavy atom. The highest BCUT2D eigenvalue weighted by Crippen LogP contribution is 2.48. The zero-order valence-electron chi connectivity index (χ0n) is 21.2. The largest absolute Gasteiger partial charge is 0.461 e. The number of para-hydroxylation sites is 1. The fourth-order valence-corrected chi connectivity index (χ4v) is 5.83. The van der Waals surface area contributed by atoms with Gasteiger partial charge in [0.2, 0.25) is 6.23 Å². The molecule has 1 aromatic heterocycles. The molecule has 0 spiro atoms. The summed E-state index contributed by atoms with van der Waals surface area (Å²) in [5.41, 5.74) is 4.30. The average molecular weight is 573 g/mol. The number of hydrogen-bond acceptors (Lipinski definition) is 10. The second-order valence-corrected chi connectivity index (χ2v) is 11.1. The molecule has 214 valence electrons. The minimum atomic E-state index is -4.42. The third-order valence-corrected chi connectivity index (χ3v) is 8.05. The van der Waals surface area contributed by atoms with E-state index in [0.29, 0.717) is 4.57 Å². The molecule has 39 heavy (non-hydrogen) atoms. The van der Waals surface area contributed by atoms with Crippen molar-refractivity contribution in [3.05, 3.63) is 53.1 Å². The van der Waals surface area contributed by atoms with Gasteiger partial charge in [-0.2, -0.15) is 18.9 Å². The van der Waals surface area contributed by atoms with Crippen molar-refractivity contribution in [2.75, 3.05) is 12.3 Å². The van der Waals surface area contributed by atoms with Gasteiger partial charge in [0.05, 0.1) is 6.61 Å². The summed E-state index contributed by atoms with van der Waals surface area (Å²) >= 11 is 0. The number of carbonyl (C=O) groups is 1. The maximum atomic E-state index is 14.9. The molecule has 2 aliphatic rings. The molecule has 15 heteroatoms. The number of nitrogens with one attached hydrogen (secondary N) is 1. The first-order valence-corrected chi connectivity index (χ1v) is 14.1. The van der Waals surface area contributed by atoms with Gasteiger partial charge in [0, 0.05) is 6.20 Å². The lowest BCUT2D eigenvalue weighted by Gasteiger charge is -2.26. The number of anilines is 1. The van der Waals surface area contributed by atoms with Crippen LogP contribution in [0.1, 0.15) is 45.3 Å². The SMILES string of the molecule is C[C@H](NP(=O)(OC[C@H]1O[C@@H](n2ccc(N)nc2=O)C(F)(F)[C@@H]1O)Oc1ccccc1)C(=O)OC1CCCCC1. The maximum absolute atomic E-state index is 14.9. The van der Waals surface area contributed by atoms with Crippen LogP contribution in [0.15, 0.2) is 47.4 Å². The quantitative estimate of drug-likeness (QED) is 0.283. The number of nitrogen functional groups attached to an aromatic ring is 1. The third-order valence-electron chi connectivity index (χ3n) is 6.40. The number of esters is 1. The Bertz CT molecular complexity index is 1240. The van der Waals surface area contributed by atoms with Crippen LogP contribution in [-0.4, -0.2) is 57.5 Å². The lowest BCUT2D eigenvalue weighted by Crippen LogP contribution is -2.42. The van der Waals surface area contributed by atoms with Gasteiger partial charge in [0.15, 0.2) is 6.10 Å². The van der Waals surface area contributed by atoms with E-state index in [2.05, 4.69) is 10.1 Å². The van der Waals surface area contributed by atoms with Crippen molar-refractivity contribution in [2.24, 2.45) is 0 Å². The molecular weight excluding hydrogens is 541 g/mol. The van der Waals surface area contributed by atoms with Gasteiger partial charge < -0.3 is 24.8 Å².